The zero-order valence-corrected chi connectivity index (χ0v) is 10.9. The van der Waals surface area contributed by atoms with Crippen molar-refractivity contribution in [3.8, 4) is 5.75 Å². The van der Waals surface area contributed by atoms with Crippen LogP contribution in [0.5, 0.6) is 5.75 Å². The minimum Gasteiger partial charge on any atom is -0.484 e. The maximum Gasteiger partial charge on any atom is 0.390 e. The summed E-state index contributed by atoms with van der Waals surface area (Å²) in [7, 11) is 0. The number of rotatable bonds is 6. The molecule has 20 heavy (non-hydrogen) atoms. The zero-order valence-electron chi connectivity index (χ0n) is 10.9. The molecule has 7 heteroatoms. The van der Waals surface area contributed by atoms with Crippen molar-refractivity contribution in [3.63, 3.8) is 0 Å². The summed E-state index contributed by atoms with van der Waals surface area (Å²) in [6.45, 7) is 0.983. The van der Waals surface area contributed by atoms with Gasteiger partial charge in [0.25, 0.3) is 5.91 Å². The summed E-state index contributed by atoms with van der Waals surface area (Å²) in [5, 5.41) is 0. The normalized spacial score (nSPS) is 11.2. The molecule has 0 unspecified atom stereocenters. The van der Waals surface area contributed by atoms with Gasteiger partial charge in [-0.15, -0.1) is 0 Å². The maximum absolute atomic E-state index is 12.6. The van der Waals surface area contributed by atoms with Gasteiger partial charge < -0.3 is 9.64 Å². The lowest BCUT2D eigenvalue weighted by Gasteiger charge is -2.21. The predicted octanol–water partition coefficient (Wildman–Crippen LogP) is 3.01. The van der Waals surface area contributed by atoms with Gasteiger partial charge in [-0.2, -0.15) is 13.2 Å². The van der Waals surface area contributed by atoms with Gasteiger partial charge >= 0.3 is 6.18 Å². The van der Waals surface area contributed by atoms with Gasteiger partial charge in [-0.1, -0.05) is 0 Å². The molecule has 0 aliphatic heterocycles. The molecule has 0 aromatic heterocycles. The Labute approximate surface area is 114 Å². The first-order chi connectivity index (χ1) is 9.31. The van der Waals surface area contributed by atoms with Gasteiger partial charge in [0.15, 0.2) is 6.61 Å². The Bertz CT molecular complexity index is 431. The third kappa shape index (κ3) is 5.90. The monoisotopic (exact) mass is 293 g/mol. The van der Waals surface area contributed by atoms with E-state index in [4.69, 9.17) is 4.74 Å². The minimum absolute atomic E-state index is 0.168. The molecule has 112 valence electrons. The number of ether oxygens (including phenoxy) is 1. The zero-order chi connectivity index (χ0) is 15.2. The lowest BCUT2D eigenvalue weighted by Crippen LogP contribution is -2.37. The van der Waals surface area contributed by atoms with Gasteiger partial charge in [-0.3, -0.25) is 4.79 Å². The maximum atomic E-state index is 12.6. The van der Waals surface area contributed by atoms with Crippen LogP contribution in [-0.4, -0.2) is 36.7 Å². The van der Waals surface area contributed by atoms with Crippen molar-refractivity contribution in [2.75, 3.05) is 19.7 Å². The lowest BCUT2D eigenvalue weighted by atomic mass is 10.3. The number of carbonyl (C=O) groups is 1. The van der Waals surface area contributed by atoms with Crippen LogP contribution < -0.4 is 4.74 Å². The van der Waals surface area contributed by atoms with Crippen LogP contribution in [0.25, 0.3) is 0 Å². The first-order valence-corrected chi connectivity index (χ1v) is 6.04. The van der Waals surface area contributed by atoms with Gasteiger partial charge in [-0.05, 0) is 31.2 Å². The molecule has 0 atom stereocenters. The Kier molecular flexibility index (Phi) is 5.79. The number of nitrogens with zero attached hydrogens (tertiary/aromatic N) is 1. The Morgan fingerprint density at radius 1 is 1.25 bits per heavy atom. The third-order valence-corrected chi connectivity index (χ3v) is 2.58. The fourth-order valence-corrected chi connectivity index (χ4v) is 1.49. The molecule has 1 amide bonds. The highest BCUT2D eigenvalue weighted by molar-refractivity contribution is 5.77. The molecule has 0 aliphatic carbocycles. The van der Waals surface area contributed by atoms with Gasteiger partial charge in [0.2, 0.25) is 0 Å². The van der Waals surface area contributed by atoms with Gasteiger partial charge in [0.1, 0.15) is 11.6 Å². The molecular weight excluding hydrogens is 278 g/mol. The van der Waals surface area contributed by atoms with E-state index in [0.29, 0.717) is 0 Å². The van der Waals surface area contributed by atoms with Crippen molar-refractivity contribution in [1.29, 1.82) is 0 Å². The molecule has 0 saturated heterocycles. The van der Waals surface area contributed by atoms with Crippen molar-refractivity contribution >= 4 is 5.91 Å². The van der Waals surface area contributed by atoms with Gasteiger partial charge in [0, 0.05) is 13.1 Å². The van der Waals surface area contributed by atoms with Crippen molar-refractivity contribution in [1.82, 2.24) is 4.90 Å². The molecule has 0 radical (unpaired) electrons. The second kappa shape index (κ2) is 7.12. The Morgan fingerprint density at radius 3 is 2.35 bits per heavy atom. The lowest BCUT2D eigenvalue weighted by molar-refractivity contribution is -0.146. The van der Waals surface area contributed by atoms with Crippen LogP contribution >= 0.6 is 0 Å². The summed E-state index contributed by atoms with van der Waals surface area (Å²) < 4.78 is 54.0. The number of carbonyl (C=O) groups excluding carboxylic acids is 1. The van der Waals surface area contributed by atoms with Crippen LogP contribution in [0.2, 0.25) is 0 Å². The fraction of sp³-hybridized carbons (Fsp3) is 0.462. The number of likely N-dealkylation sites (N-methyl/N-ethyl adjacent to an activating group) is 1. The Hall–Kier alpha value is -1.79. The van der Waals surface area contributed by atoms with Crippen LogP contribution in [0, 0.1) is 5.82 Å². The summed E-state index contributed by atoms with van der Waals surface area (Å²) in [4.78, 5) is 12.8. The highest BCUT2D eigenvalue weighted by Gasteiger charge is 2.28. The number of benzene rings is 1. The molecule has 0 saturated carbocycles. The molecule has 0 aliphatic rings. The number of alkyl halides is 3. The van der Waals surface area contributed by atoms with Crippen LogP contribution in [0.1, 0.15) is 13.3 Å². The van der Waals surface area contributed by atoms with Crippen molar-refractivity contribution in [2.24, 2.45) is 0 Å². The third-order valence-electron chi connectivity index (χ3n) is 2.58. The van der Waals surface area contributed by atoms with E-state index in [1.165, 1.54) is 24.3 Å². The first-order valence-electron chi connectivity index (χ1n) is 6.04. The van der Waals surface area contributed by atoms with Gasteiger partial charge in [0.05, 0.1) is 6.42 Å². The molecule has 0 fully saturated rings. The van der Waals surface area contributed by atoms with E-state index >= 15 is 0 Å². The first kappa shape index (κ1) is 16.3. The SMILES string of the molecule is CCN(CCC(F)(F)F)C(=O)COc1ccc(F)cc1. The van der Waals surface area contributed by atoms with Crippen LogP contribution in [-0.2, 0) is 4.79 Å². The molecule has 1 rings (SSSR count). The van der Waals surface area contributed by atoms with E-state index < -0.39 is 30.9 Å². The smallest absolute Gasteiger partial charge is 0.390 e. The summed E-state index contributed by atoms with van der Waals surface area (Å²) in [5.41, 5.74) is 0. The van der Waals surface area contributed by atoms with E-state index in [0.717, 1.165) is 4.90 Å². The predicted molar refractivity (Wildman–Crippen MR) is 64.8 cm³/mol. The van der Waals surface area contributed by atoms with E-state index in [9.17, 15) is 22.4 Å². The van der Waals surface area contributed by atoms with Crippen molar-refractivity contribution in [3.05, 3.63) is 30.1 Å². The quantitative estimate of drug-likeness (QED) is 0.755. The fourth-order valence-electron chi connectivity index (χ4n) is 1.49. The van der Waals surface area contributed by atoms with E-state index in [-0.39, 0.29) is 18.9 Å². The summed E-state index contributed by atoms with van der Waals surface area (Å²) >= 11 is 0. The average Bonchev–Trinajstić information content (AvgIpc) is 2.37. The molecular formula is C13H15F4NO2. The highest BCUT2D eigenvalue weighted by atomic mass is 19.4. The molecule has 1 aromatic rings. The van der Waals surface area contributed by atoms with Crippen molar-refractivity contribution in [2.45, 2.75) is 19.5 Å². The van der Waals surface area contributed by atoms with Crippen molar-refractivity contribution < 1.29 is 27.1 Å². The van der Waals surface area contributed by atoms with E-state index in [1.54, 1.807) is 6.92 Å². The number of hydrogen-bond acceptors (Lipinski definition) is 2. The Morgan fingerprint density at radius 2 is 1.85 bits per heavy atom. The number of hydrogen-bond donors (Lipinski definition) is 0. The number of amides is 1. The molecule has 0 spiro atoms. The Balaban J connectivity index is 2.45. The average molecular weight is 293 g/mol. The van der Waals surface area contributed by atoms with E-state index in [2.05, 4.69) is 0 Å². The van der Waals surface area contributed by atoms with Crippen LogP contribution in [0.3, 0.4) is 0 Å². The highest BCUT2D eigenvalue weighted by Crippen LogP contribution is 2.19. The largest absolute Gasteiger partial charge is 0.484 e. The second-order valence-electron chi connectivity index (χ2n) is 4.08. The standard InChI is InChI=1S/C13H15F4NO2/c1-2-18(8-7-13(15,16)17)12(19)9-20-11-5-3-10(14)4-6-11/h3-6H,2,7-9H2,1H3. The van der Waals surface area contributed by atoms with Crippen LogP contribution in [0.4, 0.5) is 17.6 Å². The minimum atomic E-state index is -4.30. The molecule has 0 bridgehead atoms. The number of halogens is 4. The molecule has 0 N–H and O–H groups in total. The summed E-state index contributed by atoms with van der Waals surface area (Å²) in [5.74, 6) is -0.697. The summed E-state index contributed by atoms with van der Waals surface area (Å²) in [6, 6.07) is 5.02. The van der Waals surface area contributed by atoms with E-state index in [1.807, 2.05) is 0 Å². The van der Waals surface area contributed by atoms with Gasteiger partial charge in [-0.25, -0.2) is 4.39 Å². The topological polar surface area (TPSA) is 29.5 Å². The molecule has 1 aromatic carbocycles. The molecule has 0 heterocycles. The molecule has 3 nitrogen and oxygen atoms in total. The second-order valence-corrected chi connectivity index (χ2v) is 4.08. The summed E-state index contributed by atoms with van der Waals surface area (Å²) in [6.07, 6.45) is -5.35. The van der Waals surface area contributed by atoms with Crippen LogP contribution in [0.15, 0.2) is 24.3 Å².